The first-order valence-electron chi connectivity index (χ1n) is 10.4. The molecule has 154 valence electrons. The van der Waals surface area contributed by atoms with Crippen LogP contribution in [0.5, 0.6) is 0 Å². The zero-order valence-electron chi connectivity index (χ0n) is 17.5. The Morgan fingerprint density at radius 1 is 1.14 bits per heavy atom. The Bertz CT molecular complexity index is 703. The molecular weight excluding hydrogens is 352 g/mol. The Labute approximate surface area is 168 Å². The van der Waals surface area contributed by atoms with Crippen LogP contribution in [0.15, 0.2) is 18.2 Å². The van der Waals surface area contributed by atoms with Crippen LogP contribution in [-0.2, 0) is 9.59 Å². The van der Waals surface area contributed by atoms with Crippen molar-refractivity contribution in [3.63, 3.8) is 0 Å². The SMILES string of the molecule is Cc1cccc(C)c1NC(=O)CN1CCN(C(=O)C2CCCCC2(C)N)CC1. The first kappa shape index (κ1) is 20.8. The van der Waals surface area contributed by atoms with Crippen molar-refractivity contribution in [1.29, 1.82) is 0 Å². The number of amides is 2. The van der Waals surface area contributed by atoms with Crippen LogP contribution in [0.4, 0.5) is 5.69 Å². The second-order valence-corrected chi connectivity index (χ2v) is 8.72. The van der Waals surface area contributed by atoms with E-state index in [4.69, 9.17) is 5.73 Å². The van der Waals surface area contributed by atoms with Crippen LogP contribution in [-0.4, -0.2) is 59.9 Å². The van der Waals surface area contributed by atoms with Crippen molar-refractivity contribution in [3.05, 3.63) is 29.3 Å². The molecule has 1 saturated heterocycles. The van der Waals surface area contributed by atoms with Gasteiger partial charge in [0.15, 0.2) is 0 Å². The molecule has 0 radical (unpaired) electrons. The highest BCUT2D eigenvalue weighted by Gasteiger charge is 2.40. The van der Waals surface area contributed by atoms with Gasteiger partial charge in [-0.1, -0.05) is 31.0 Å². The number of carbonyl (C=O) groups excluding carboxylic acids is 2. The first-order chi connectivity index (χ1) is 13.3. The number of anilines is 1. The van der Waals surface area contributed by atoms with E-state index in [1.54, 1.807) is 0 Å². The standard InChI is InChI=1S/C22H34N4O2/c1-16-7-6-8-17(2)20(16)24-19(27)15-25-11-13-26(14-12-25)21(28)18-9-4-5-10-22(18,3)23/h6-8,18H,4-5,9-15,23H2,1-3H3,(H,24,27). The first-order valence-corrected chi connectivity index (χ1v) is 10.4. The van der Waals surface area contributed by atoms with E-state index in [0.29, 0.717) is 19.6 Å². The molecule has 1 aliphatic heterocycles. The summed E-state index contributed by atoms with van der Waals surface area (Å²) in [4.78, 5) is 29.5. The van der Waals surface area contributed by atoms with Crippen molar-refractivity contribution >= 4 is 17.5 Å². The van der Waals surface area contributed by atoms with Gasteiger partial charge in [-0.2, -0.15) is 0 Å². The molecule has 0 spiro atoms. The molecule has 1 aliphatic carbocycles. The minimum atomic E-state index is -0.391. The normalized spacial score (nSPS) is 26.1. The Hall–Kier alpha value is -1.92. The Balaban J connectivity index is 1.50. The zero-order valence-corrected chi connectivity index (χ0v) is 17.5. The maximum absolute atomic E-state index is 13.0. The van der Waals surface area contributed by atoms with Gasteiger partial charge in [-0.25, -0.2) is 0 Å². The van der Waals surface area contributed by atoms with Crippen molar-refractivity contribution < 1.29 is 9.59 Å². The monoisotopic (exact) mass is 386 g/mol. The van der Waals surface area contributed by atoms with Crippen molar-refractivity contribution in [2.45, 2.75) is 52.0 Å². The van der Waals surface area contributed by atoms with Gasteiger partial charge in [0, 0.05) is 37.4 Å². The van der Waals surface area contributed by atoms with Crippen molar-refractivity contribution in [2.24, 2.45) is 11.7 Å². The van der Waals surface area contributed by atoms with Gasteiger partial charge in [0.1, 0.15) is 0 Å². The molecule has 6 heteroatoms. The van der Waals surface area contributed by atoms with Gasteiger partial charge in [-0.3, -0.25) is 14.5 Å². The van der Waals surface area contributed by atoms with Crippen LogP contribution < -0.4 is 11.1 Å². The average molecular weight is 387 g/mol. The quantitative estimate of drug-likeness (QED) is 0.832. The molecule has 1 aromatic rings. The number of hydrogen-bond acceptors (Lipinski definition) is 4. The summed E-state index contributed by atoms with van der Waals surface area (Å²) < 4.78 is 0. The summed E-state index contributed by atoms with van der Waals surface area (Å²) in [6, 6.07) is 6.00. The van der Waals surface area contributed by atoms with Crippen LogP contribution in [0.1, 0.15) is 43.7 Å². The highest BCUT2D eigenvalue weighted by atomic mass is 16.2. The van der Waals surface area contributed by atoms with Gasteiger partial charge in [0.05, 0.1) is 12.5 Å². The number of nitrogens with two attached hydrogens (primary N) is 1. The van der Waals surface area contributed by atoms with Crippen LogP contribution in [0.3, 0.4) is 0 Å². The summed E-state index contributed by atoms with van der Waals surface area (Å²) in [6.45, 7) is 9.16. The van der Waals surface area contributed by atoms with Gasteiger partial charge >= 0.3 is 0 Å². The molecule has 28 heavy (non-hydrogen) atoms. The van der Waals surface area contributed by atoms with Crippen LogP contribution in [0.2, 0.25) is 0 Å². The lowest BCUT2D eigenvalue weighted by atomic mass is 9.74. The lowest BCUT2D eigenvalue weighted by Gasteiger charge is -2.42. The second-order valence-electron chi connectivity index (χ2n) is 8.72. The fourth-order valence-corrected chi connectivity index (χ4v) is 4.50. The topological polar surface area (TPSA) is 78.7 Å². The summed E-state index contributed by atoms with van der Waals surface area (Å²) in [5, 5.41) is 3.04. The van der Waals surface area contributed by atoms with E-state index in [1.807, 2.05) is 43.9 Å². The van der Waals surface area contributed by atoms with E-state index in [0.717, 1.165) is 55.6 Å². The molecule has 1 aromatic carbocycles. The fourth-order valence-electron chi connectivity index (χ4n) is 4.50. The van der Waals surface area contributed by atoms with Crippen LogP contribution >= 0.6 is 0 Å². The molecule has 3 N–H and O–H groups in total. The Kier molecular flexibility index (Phi) is 6.40. The second kappa shape index (κ2) is 8.62. The van der Waals surface area contributed by atoms with Crippen LogP contribution in [0.25, 0.3) is 0 Å². The summed E-state index contributed by atoms with van der Waals surface area (Å²) in [5.41, 5.74) is 9.06. The van der Waals surface area contributed by atoms with Gasteiger partial charge in [0.2, 0.25) is 11.8 Å². The summed E-state index contributed by atoms with van der Waals surface area (Å²) in [7, 11) is 0. The van der Waals surface area contributed by atoms with Gasteiger partial charge in [-0.15, -0.1) is 0 Å². The molecule has 0 bridgehead atoms. The molecule has 2 atom stereocenters. The van der Waals surface area contributed by atoms with Crippen molar-refractivity contribution in [1.82, 2.24) is 9.80 Å². The lowest BCUT2D eigenvalue weighted by Crippen LogP contribution is -2.57. The number of carbonyl (C=O) groups is 2. The number of piperazine rings is 1. The molecule has 6 nitrogen and oxygen atoms in total. The van der Waals surface area contributed by atoms with Crippen molar-refractivity contribution in [3.8, 4) is 0 Å². The molecule has 2 aliphatic rings. The lowest BCUT2D eigenvalue weighted by molar-refractivity contribution is -0.140. The number of rotatable bonds is 4. The van der Waals surface area contributed by atoms with E-state index >= 15 is 0 Å². The zero-order chi connectivity index (χ0) is 20.3. The number of aryl methyl sites for hydroxylation is 2. The molecule has 2 amide bonds. The number of hydrogen-bond donors (Lipinski definition) is 2. The molecule has 3 rings (SSSR count). The summed E-state index contributed by atoms with van der Waals surface area (Å²) in [5.74, 6) is 0.128. The molecule has 2 unspecified atom stereocenters. The number of nitrogens with zero attached hydrogens (tertiary/aromatic N) is 2. The van der Waals surface area contributed by atoms with E-state index in [-0.39, 0.29) is 17.7 Å². The third kappa shape index (κ3) is 4.73. The third-order valence-corrected chi connectivity index (χ3v) is 6.35. The van der Waals surface area contributed by atoms with Crippen molar-refractivity contribution in [2.75, 3.05) is 38.0 Å². The van der Waals surface area contributed by atoms with Gasteiger partial charge < -0.3 is 16.0 Å². The summed E-state index contributed by atoms with van der Waals surface area (Å²) in [6.07, 6.45) is 4.01. The molecule has 2 fully saturated rings. The van der Waals surface area contributed by atoms with Crippen LogP contribution in [0, 0.1) is 19.8 Å². The minimum absolute atomic E-state index is 0.000935. The average Bonchev–Trinajstić information content (AvgIpc) is 2.65. The van der Waals surface area contributed by atoms with Gasteiger partial charge in [-0.05, 0) is 44.7 Å². The predicted molar refractivity (Wildman–Crippen MR) is 112 cm³/mol. The number of nitrogens with one attached hydrogen (secondary N) is 1. The fraction of sp³-hybridized carbons (Fsp3) is 0.636. The largest absolute Gasteiger partial charge is 0.340 e. The van der Waals surface area contributed by atoms with Gasteiger partial charge in [0.25, 0.3) is 0 Å². The Morgan fingerprint density at radius 2 is 1.79 bits per heavy atom. The minimum Gasteiger partial charge on any atom is -0.340 e. The Morgan fingerprint density at radius 3 is 2.39 bits per heavy atom. The maximum atomic E-state index is 13.0. The number of para-hydroxylation sites is 1. The predicted octanol–water partition coefficient (Wildman–Crippen LogP) is 2.29. The van der Waals surface area contributed by atoms with E-state index in [1.165, 1.54) is 0 Å². The highest BCUT2D eigenvalue weighted by Crippen LogP contribution is 2.33. The molecule has 0 aromatic heterocycles. The third-order valence-electron chi connectivity index (χ3n) is 6.35. The molecule has 1 heterocycles. The van der Waals surface area contributed by atoms with E-state index in [2.05, 4.69) is 10.2 Å². The molecule has 1 saturated carbocycles. The maximum Gasteiger partial charge on any atom is 0.238 e. The number of benzene rings is 1. The summed E-state index contributed by atoms with van der Waals surface area (Å²) >= 11 is 0. The van der Waals surface area contributed by atoms with E-state index in [9.17, 15) is 9.59 Å². The van der Waals surface area contributed by atoms with E-state index < -0.39 is 5.54 Å². The molecular formula is C22H34N4O2. The smallest absolute Gasteiger partial charge is 0.238 e. The highest BCUT2D eigenvalue weighted by molar-refractivity contribution is 5.93.